The van der Waals surface area contributed by atoms with Crippen molar-refractivity contribution in [3.8, 4) is 12.3 Å². The molecule has 18 heavy (non-hydrogen) atoms. The molecule has 0 amide bonds. The average molecular weight is 357 g/mol. The zero-order valence-electron chi connectivity index (χ0n) is 10.6. The van der Waals surface area contributed by atoms with Crippen LogP contribution < -0.4 is 10.6 Å². The molecule has 3 nitrogen and oxygen atoms in total. The summed E-state index contributed by atoms with van der Waals surface area (Å²) in [5.74, 6) is 3.28. The lowest BCUT2D eigenvalue weighted by molar-refractivity contribution is 0.754. The highest BCUT2D eigenvalue weighted by Gasteiger charge is 1.95. The van der Waals surface area contributed by atoms with Gasteiger partial charge in [0, 0.05) is 13.6 Å². The Hall–Kier alpha value is -1.22. The molecule has 0 atom stereocenters. The molecule has 0 heterocycles. The van der Waals surface area contributed by atoms with Gasteiger partial charge in [-0.1, -0.05) is 36.3 Å². The Morgan fingerprint density at radius 1 is 1.28 bits per heavy atom. The van der Waals surface area contributed by atoms with Gasteiger partial charge in [-0.15, -0.1) is 30.4 Å². The summed E-state index contributed by atoms with van der Waals surface area (Å²) in [4.78, 5) is 4.07. The molecule has 1 aromatic carbocycles. The average Bonchev–Trinajstić information content (AvgIpc) is 2.39. The van der Waals surface area contributed by atoms with Crippen LogP contribution in [0.5, 0.6) is 0 Å². The first-order chi connectivity index (χ1) is 8.36. The number of nitrogens with one attached hydrogen (secondary N) is 2. The summed E-state index contributed by atoms with van der Waals surface area (Å²) in [6, 6.07) is 10.5. The molecule has 2 N–H and O–H groups in total. The number of rotatable bonds is 5. The number of benzene rings is 1. The summed E-state index contributed by atoms with van der Waals surface area (Å²) in [5, 5.41) is 6.24. The second-order valence-electron chi connectivity index (χ2n) is 3.65. The predicted molar refractivity (Wildman–Crippen MR) is 88.4 cm³/mol. The first-order valence-electron chi connectivity index (χ1n) is 5.78. The van der Waals surface area contributed by atoms with Crippen molar-refractivity contribution in [3.63, 3.8) is 0 Å². The lowest BCUT2D eigenvalue weighted by Crippen LogP contribution is -2.37. The second kappa shape index (κ2) is 10.9. The Morgan fingerprint density at radius 2 is 2.00 bits per heavy atom. The molecule has 0 aliphatic heterocycles. The number of halogens is 1. The largest absolute Gasteiger partial charge is 0.356 e. The number of hydrogen-bond donors (Lipinski definition) is 2. The van der Waals surface area contributed by atoms with E-state index in [1.54, 1.807) is 7.05 Å². The summed E-state index contributed by atoms with van der Waals surface area (Å²) >= 11 is 0. The molecule has 0 radical (unpaired) electrons. The van der Waals surface area contributed by atoms with E-state index in [9.17, 15) is 0 Å². The third-order valence-electron chi connectivity index (χ3n) is 2.36. The van der Waals surface area contributed by atoms with Crippen molar-refractivity contribution in [2.45, 2.75) is 12.8 Å². The smallest absolute Gasteiger partial charge is 0.191 e. The van der Waals surface area contributed by atoms with E-state index in [1.807, 2.05) is 6.07 Å². The topological polar surface area (TPSA) is 36.4 Å². The number of aryl methyl sites for hydroxylation is 1. The third kappa shape index (κ3) is 7.17. The van der Waals surface area contributed by atoms with E-state index in [4.69, 9.17) is 6.42 Å². The van der Waals surface area contributed by atoms with E-state index in [1.165, 1.54) is 5.56 Å². The van der Waals surface area contributed by atoms with Crippen LogP contribution in [0.15, 0.2) is 35.3 Å². The molecule has 0 aliphatic carbocycles. The van der Waals surface area contributed by atoms with Gasteiger partial charge in [0.1, 0.15) is 0 Å². The van der Waals surface area contributed by atoms with Gasteiger partial charge >= 0.3 is 0 Å². The fraction of sp³-hybridized carbons (Fsp3) is 0.357. The quantitative estimate of drug-likeness (QED) is 0.278. The van der Waals surface area contributed by atoms with Crippen LogP contribution in [0.25, 0.3) is 0 Å². The van der Waals surface area contributed by atoms with Crippen molar-refractivity contribution in [1.29, 1.82) is 0 Å². The van der Waals surface area contributed by atoms with E-state index in [-0.39, 0.29) is 24.0 Å². The first-order valence-corrected chi connectivity index (χ1v) is 5.78. The number of guanidine groups is 1. The Labute approximate surface area is 126 Å². The molecule has 98 valence electrons. The van der Waals surface area contributed by atoms with Crippen LogP contribution >= 0.6 is 24.0 Å². The lowest BCUT2D eigenvalue weighted by atomic mass is 10.1. The molecule has 0 saturated carbocycles. The van der Waals surface area contributed by atoms with Gasteiger partial charge in [0.2, 0.25) is 0 Å². The van der Waals surface area contributed by atoms with E-state index >= 15 is 0 Å². The molecule has 4 heteroatoms. The van der Waals surface area contributed by atoms with Crippen molar-refractivity contribution < 1.29 is 0 Å². The van der Waals surface area contributed by atoms with E-state index in [0.717, 1.165) is 25.3 Å². The van der Waals surface area contributed by atoms with Gasteiger partial charge in [-0.25, -0.2) is 0 Å². The maximum Gasteiger partial charge on any atom is 0.191 e. The van der Waals surface area contributed by atoms with Crippen LogP contribution in [0.4, 0.5) is 0 Å². The number of terminal acetylenes is 1. The summed E-state index contributed by atoms with van der Waals surface area (Å²) in [6.45, 7) is 1.39. The molecular formula is C14H20IN3. The van der Waals surface area contributed by atoms with Gasteiger partial charge in [-0.3, -0.25) is 4.99 Å². The van der Waals surface area contributed by atoms with Crippen LogP contribution in [0.2, 0.25) is 0 Å². The molecule has 1 aromatic rings. The number of hydrogen-bond acceptors (Lipinski definition) is 1. The standard InChI is InChI=1S/C14H19N3.HI/c1-3-11-16-14(15-2)17-12-7-10-13-8-5-4-6-9-13;/h1,4-6,8-9H,7,10-12H2,2H3,(H2,15,16,17);1H. The van der Waals surface area contributed by atoms with Crippen molar-refractivity contribution in [2.24, 2.45) is 4.99 Å². The minimum absolute atomic E-state index is 0. The highest BCUT2D eigenvalue weighted by atomic mass is 127. The molecular weight excluding hydrogens is 337 g/mol. The zero-order chi connectivity index (χ0) is 12.3. The fourth-order valence-corrected chi connectivity index (χ4v) is 1.50. The predicted octanol–water partition coefficient (Wildman–Crippen LogP) is 2.04. The van der Waals surface area contributed by atoms with E-state index in [2.05, 4.69) is 45.8 Å². The minimum Gasteiger partial charge on any atom is -0.356 e. The summed E-state index contributed by atoms with van der Waals surface area (Å²) in [5.41, 5.74) is 1.36. The van der Waals surface area contributed by atoms with E-state index < -0.39 is 0 Å². The van der Waals surface area contributed by atoms with Crippen molar-refractivity contribution in [3.05, 3.63) is 35.9 Å². The second-order valence-corrected chi connectivity index (χ2v) is 3.65. The third-order valence-corrected chi connectivity index (χ3v) is 2.36. The minimum atomic E-state index is 0. The summed E-state index contributed by atoms with van der Waals surface area (Å²) in [6.07, 6.45) is 7.31. The van der Waals surface area contributed by atoms with Gasteiger partial charge in [0.05, 0.1) is 6.54 Å². The van der Waals surface area contributed by atoms with Crippen molar-refractivity contribution in [2.75, 3.05) is 20.1 Å². The van der Waals surface area contributed by atoms with Crippen molar-refractivity contribution >= 4 is 29.9 Å². The lowest BCUT2D eigenvalue weighted by Gasteiger charge is -2.09. The molecule has 0 fully saturated rings. The number of aliphatic imine (C=N–C) groups is 1. The Bertz CT molecular complexity index is 382. The van der Waals surface area contributed by atoms with Crippen LogP contribution in [-0.4, -0.2) is 26.1 Å². The highest BCUT2D eigenvalue weighted by molar-refractivity contribution is 14.0. The fourth-order valence-electron chi connectivity index (χ4n) is 1.50. The van der Waals surface area contributed by atoms with Crippen LogP contribution in [0.1, 0.15) is 12.0 Å². The van der Waals surface area contributed by atoms with Crippen molar-refractivity contribution in [1.82, 2.24) is 10.6 Å². The molecule has 0 spiro atoms. The molecule has 0 bridgehead atoms. The Balaban J connectivity index is 0.00000289. The SMILES string of the molecule is C#CCNC(=NC)NCCCc1ccccc1.I. The highest BCUT2D eigenvalue weighted by Crippen LogP contribution is 2.01. The van der Waals surface area contributed by atoms with Gasteiger partial charge in [0.15, 0.2) is 5.96 Å². The molecule has 0 saturated heterocycles. The molecule has 0 aromatic heterocycles. The Kier molecular flexibility index (Phi) is 10.2. The summed E-state index contributed by atoms with van der Waals surface area (Å²) in [7, 11) is 1.74. The van der Waals surface area contributed by atoms with Gasteiger partial charge in [-0.2, -0.15) is 0 Å². The monoisotopic (exact) mass is 357 g/mol. The van der Waals surface area contributed by atoms with Crippen LogP contribution in [0, 0.1) is 12.3 Å². The van der Waals surface area contributed by atoms with Crippen LogP contribution in [-0.2, 0) is 6.42 Å². The maximum absolute atomic E-state index is 5.17. The van der Waals surface area contributed by atoms with Gasteiger partial charge in [-0.05, 0) is 18.4 Å². The first kappa shape index (κ1) is 16.8. The van der Waals surface area contributed by atoms with E-state index in [0.29, 0.717) is 6.54 Å². The molecule has 0 aliphatic rings. The van der Waals surface area contributed by atoms with Crippen LogP contribution in [0.3, 0.4) is 0 Å². The molecule has 0 unspecified atom stereocenters. The molecule has 1 rings (SSSR count). The van der Waals surface area contributed by atoms with Gasteiger partial charge in [0.25, 0.3) is 0 Å². The van der Waals surface area contributed by atoms with Gasteiger partial charge < -0.3 is 10.6 Å². The Morgan fingerprint density at radius 3 is 2.61 bits per heavy atom. The maximum atomic E-state index is 5.17. The summed E-state index contributed by atoms with van der Waals surface area (Å²) < 4.78 is 0. The number of nitrogens with zero attached hydrogens (tertiary/aromatic N) is 1. The normalized spacial score (nSPS) is 10.1. The zero-order valence-corrected chi connectivity index (χ0v) is 13.0.